The van der Waals surface area contributed by atoms with Crippen molar-refractivity contribution in [2.45, 2.75) is 46.5 Å². The van der Waals surface area contributed by atoms with Crippen LogP contribution in [0.2, 0.25) is 0 Å². The molecule has 0 aromatic carbocycles. The molecule has 0 bridgehead atoms. The molecule has 0 aromatic rings. The van der Waals surface area contributed by atoms with E-state index in [2.05, 4.69) is 25.7 Å². The van der Waals surface area contributed by atoms with Crippen molar-refractivity contribution < 1.29 is 0 Å². The van der Waals surface area contributed by atoms with Gasteiger partial charge in [0.15, 0.2) is 0 Å². The fourth-order valence-corrected chi connectivity index (χ4v) is 4.00. The Balaban J connectivity index is 3.38. The molecule has 0 saturated carbocycles. The predicted octanol–water partition coefficient (Wildman–Crippen LogP) is 4.57. The minimum absolute atomic E-state index is 1.03. The molecule has 0 N–H and O–H groups in total. The van der Waals surface area contributed by atoms with Gasteiger partial charge in [0.25, 0.3) is 0 Å². The molecule has 4 heteroatoms. The molecule has 0 unspecified atom stereocenters. The van der Waals surface area contributed by atoms with E-state index in [9.17, 15) is 0 Å². The van der Waals surface area contributed by atoms with Gasteiger partial charge in [-0.3, -0.25) is 0 Å². The van der Waals surface area contributed by atoms with Crippen LogP contribution in [0.5, 0.6) is 0 Å². The molecule has 15 heavy (non-hydrogen) atoms. The van der Waals surface area contributed by atoms with Gasteiger partial charge >= 0.3 is 0 Å². The SMILES string of the molecule is CCCCCCSSC(=S)N(CC)CC. The Morgan fingerprint density at radius 1 is 1.07 bits per heavy atom. The maximum absolute atomic E-state index is 5.34. The Morgan fingerprint density at radius 2 is 1.73 bits per heavy atom. The van der Waals surface area contributed by atoms with Crippen LogP contribution in [0.3, 0.4) is 0 Å². The summed E-state index contributed by atoms with van der Waals surface area (Å²) < 4.78 is 1.04. The first kappa shape index (κ1) is 15.6. The van der Waals surface area contributed by atoms with Gasteiger partial charge in [-0.15, -0.1) is 0 Å². The summed E-state index contributed by atoms with van der Waals surface area (Å²) >= 11 is 5.34. The van der Waals surface area contributed by atoms with Crippen molar-refractivity contribution >= 4 is 38.1 Å². The topological polar surface area (TPSA) is 3.24 Å². The van der Waals surface area contributed by atoms with E-state index in [1.165, 1.54) is 31.4 Å². The third-order valence-electron chi connectivity index (χ3n) is 2.23. The van der Waals surface area contributed by atoms with Crippen molar-refractivity contribution in [1.82, 2.24) is 4.90 Å². The third kappa shape index (κ3) is 8.40. The van der Waals surface area contributed by atoms with Gasteiger partial charge in [-0.25, -0.2) is 0 Å². The molecule has 0 aliphatic carbocycles. The van der Waals surface area contributed by atoms with E-state index in [1.54, 1.807) is 10.8 Å². The molecule has 0 aromatic heterocycles. The average Bonchev–Trinajstić information content (AvgIpc) is 2.25. The summed E-state index contributed by atoms with van der Waals surface area (Å²) in [6.07, 6.45) is 5.37. The quantitative estimate of drug-likeness (QED) is 0.359. The highest BCUT2D eigenvalue weighted by atomic mass is 33.1. The maximum atomic E-state index is 5.34. The van der Waals surface area contributed by atoms with Gasteiger partial charge in [0.1, 0.15) is 4.32 Å². The van der Waals surface area contributed by atoms with Gasteiger partial charge in [0.2, 0.25) is 0 Å². The first-order chi connectivity index (χ1) is 7.26. The number of hydrogen-bond donors (Lipinski definition) is 0. The van der Waals surface area contributed by atoms with E-state index < -0.39 is 0 Å². The molecule has 0 aliphatic heterocycles. The van der Waals surface area contributed by atoms with Gasteiger partial charge < -0.3 is 4.90 Å². The highest BCUT2D eigenvalue weighted by Crippen LogP contribution is 2.26. The molecule has 0 radical (unpaired) electrons. The summed E-state index contributed by atoms with van der Waals surface area (Å²) in [4.78, 5) is 2.24. The lowest BCUT2D eigenvalue weighted by Gasteiger charge is -2.20. The molecule has 90 valence electrons. The smallest absolute Gasteiger partial charge is 0.147 e. The van der Waals surface area contributed by atoms with Crippen LogP contribution in [0.4, 0.5) is 0 Å². The van der Waals surface area contributed by atoms with E-state index in [1.807, 2.05) is 10.8 Å². The molecule has 0 amide bonds. The van der Waals surface area contributed by atoms with Crippen LogP contribution in [-0.2, 0) is 0 Å². The molecule has 1 nitrogen and oxygen atoms in total. The molecule has 0 rings (SSSR count). The summed E-state index contributed by atoms with van der Waals surface area (Å²) in [5, 5.41) is 0. The minimum atomic E-state index is 1.03. The summed E-state index contributed by atoms with van der Waals surface area (Å²) in [5.74, 6) is 1.23. The predicted molar refractivity (Wildman–Crippen MR) is 79.7 cm³/mol. The Kier molecular flexibility index (Phi) is 11.5. The second-order valence-corrected chi connectivity index (χ2v) is 6.45. The monoisotopic (exact) mass is 265 g/mol. The van der Waals surface area contributed by atoms with Crippen molar-refractivity contribution in [1.29, 1.82) is 0 Å². The zero-order valence-corrected chi connectivity index (χ0v) is 12.6. The standard InChI is InChI=1S/C11H23NS3/c1-4-7-8-9-10-14-15-11(13)12(5-2)6-3/h4-10H2,1-3H3. The summed E-state index contributed by atoms with van der Waals surface area (Å²) in [6.45, 7) is 8.61. The van der Waals surface area contributed by atoms with E-state index in [0.717, 1.165) is 17.4 Å². The Hall–Kier alpha value is 0.590. The van der Waals surface area contributed by atoms with Crippen molar-refractivity contribution in [3.8, 4) is 0 Å². The lowest BCUT2D eigenvalue weighted by atomic mass is 10.2. The number of rotatable bonds is 8. The molecule has 0 aliphatic rings. The molecule has 0 saturated heterocycles. The normalized spacial score (nSPS) is 10.3. The summed E-state index contributed by atoms with van der Waals surface area (Å²) in [5.41, 5.74) is 0. The highest BCUT2D eigenvalue weighted by molar-refractivity contribution is 8.83. The van der Waals surface area contributed by atoms with Crippen molar-refractivity contribution in [3.63, 3.8) is 0 Å². The van der Waals surface area contributed by atoms with Crippen LogP contribution in [-0.4, -0.2) is 28.1 Å². The van der Waals surface area contributed by atoms with Gasteiger partial charge in [-0.2, -0.15) is 0 Å². The van der Waals surface area contributed by atoms with Crippen molar-refractivity contribution in [2.24, 2.45) is 0 Å². The van der Waals surface area contributed by atoms with E-state index in [0.29, 0.717) is 0 Å². The second-order valence-electron chi connectivity index (χ2n) is 3.40. The third-order valence-corrected chi connectivity index (χ3v) is 5.36. The number of unbranched alkanes of at least 4 members (excludes halogenated alkanes) is 3. The zero-order valence-electron chi connectivity index (χ0n) is 10.1. The second kappa shape index (κ2) is 11.1. The largest absolute Gasteiger partial charge is 0.357 e. The van der Waals surface area contributed by atoms with E-state index >= 15 is 0 Å². The summed E-state index contributed by atoms with van der Waals surface area (Å²) in [7, 11) is 3.67. The number of nitrogens with zero attached hydrogens (tertiary/aromatic N) is 1. The van der Waals surface area contributed by atoms with Gasteiger partial charge in [-0.05, 0) is 31.1 Å². The minimum Gasteiger partial charge on any atom is -0.357 e. The summed E-state index contributed by atoms with van der Waals surface area (Å²) in [6, 6.07) is 0. The Labute approximate surface area is 108 Å². The Bertz CT molecular complexity index is 158. The van der Waals surface area contributed by atoms with Crippen LogP contribution in [0.1, 0.15) is 46.5 Å². The van der Waals surface area contributed by atoms with Crippen LogP contribution < -0.4 is 0 Å². The number of thiocarbonyl (C=S) groups is 1. The fraction of sp³-hybridized carbons (Fsp3) is 0.909. The molecule has 0 spiro atoms. The first-order valence-corrected chi connectivity index (χ1v) is 8.57. The van der Waals surface area contributed by atoms with Crippen LogP contribution in [0.25, 0.3) is 0 Å². The molecule has 0 heterocycles. The van der Waals surface area contributed by atoms with Gasteiger partial charge in [0, 0.05) is 18.8 Å². The van der Waals surface area contributed by atoms with Crippen molar-refractivity contribution in [3.05, 3.63) is 0 Å². The van der Waals surface area contributed by atoms with Crippen molar-refractivity contribution in [2.75, 3.05) is 18.8 Å². The van der Waals surface area contributed by atoms with Crippen LogP contribution >= 0.6 is 33.8 Å². The molecule has 0 atom stereocenters. The first-order valence-electron chi connectivity index (χ1n) is 5.84. The van der Waals surface area contributed by atoms with Gasteiger partial charge in [-0.1, -0.05) is 49.2 Å². The highest BCUT2D eigenvalue weighted by Gasteiger charge is 2.05. The average molecular weight is 266 g/mol. The molecule has 0 fully saturated rings. The fourth-order valence-electron chi connectivity index (χ4n) is 1.21. The van der Waals surface area contributed by atoms with E-state index in [-0.39, 0.29) is 0 Å². The van der Waals surface area contributed by atoms with Crippen LogP contribution in [0.15, 0.2) is 0 Å². The lowest BCUT2D eigenvalue weighted by Crippen LogP contribution is -2.25. The van der Waals surface area contributed by atoms with Crippen LogP contribution in [0, 0.1) is 0 Å². The Morgan fingerprint density at radius 3 is 2.27 bits per heavy atom. The number of hydrogen-bond acceptors (Lipinski definition) is 3. The van der Waals surface area contributed by atoms with E-state index in [4.69, 9.17) is 12.2 Å². The van der Waals surface area contributed by atoms with Gasteiger partial charge in [0.05, 0.1) is 0 Å². The lowest BCUT2D eigenvalue weighted by molar-refractivity contribution is 0.482. The molecular weight excluding hydrogens is 242 g/mol. The maximum Gasteiger partial charge on any atom is 0.147 e. The molecular formula is C11H23NS3. The zero-order chi connectivity index (χ0) is 11.5.